The van der Waals surface area contributed by atoms with E-state index in [0.717, 1.165) is 0 Å². The zero-order valence-electron chi connectivity index (χ0n) is 20.0. The molecule has 2 amide bonds. The van der Waals surface area contributed by atoms with E-state index in [-0.39, 0.29) is 41.9 Å². The maximum atomic E-state index is 12.2. The van der Waals surface area contributed by atoms with Gasteiger partial charge in [-0.3, -0.25) is 56.1 Å². The number of thiocarbonyl (C=S) groups is 2. The highest BCUT2D eigenvalue weighted by Gasteiger charge is 2.19. The Morgan fingerprint density at radius 3 is 1.60 bits per heavy atom. The fraction of sp³-hybridized carbons (Fsp3) is 0.611. The lowest BCUT2D eigenvalue weighted by molar-refractivity contribution is -0.141. The fourth-order valence-electron chi connectivity index (χ4n) is 2.35. The van der Waals surface area contributed by atoms with Crippen LogP contribution in [-0.2, 0) is 19.2 Å². The SMILES string of the molecule is C/C=N/NC(=S)NNC(=O)CN(CCN(CC(=O)O)CC(=O)NNC(=S)NC(C)(C)C)CC(=O)O. The molecule has 0 radical (unpaired) electrons. The number of carboxylic acids is 2. The van der Waals surface area contributed by atoms with Gasteiger partial charge in [0, 0.05) is 24.8 Å². The van der Waals surface area contributed by atoms with E-state index in [9.17, 15) is 19.2 Å². The zero-order valence-corrected chi connectivity index (χ0v) is 21.6. The number of hydrazine groups is 2. The molecule has 8 N–H and O–H groups in total. The van der Waals surface area contributed by atoms with Crippen molar-refractivity contribution in [2.24, 2.45) is 5.10 Å². The number of hydrogen-bond acceptors (Lipinski definition) is 9. The second-order valence-electron chi connectivity index (χ2n) is 8.09. The quantitative estimate of drug-likeness (QED) is 0.0744. The number of amides is 2. The summed E-state index contributed by atoms with van der Waals surface area (Å²) in [6.07, 6.45) is 1.45. The highest BCUT2D eigenvalue weighted by atomic mass is 32.1. The van der Waals surface area contributed by atoms with Crippen LogP contribution in [0.1, 0.15) is 27.7 Å². The molecule has 0 aliphatic carbocycles. The molecule has 0 bridgehead atoms. The van der Waals surface area contributed by atoms with Crippen molar-refractivity contribution in [1.82, 2.24) is 42.2 Å². The number of carboxylic acid groups (broad SMARTS) is 2. The highest BCUT2D eigenvalue weighted by Crippen LogP contribution is 1.97. The Hall–Kier alpha value is -3.15. The van der Waals surface area contributed by atoms with Crippen LogP contribution in [0.4, 0.5) is 0 Å². The van der Waals surface area contributed by atoms with Crippen molar-refractivity contribution in [3.8, 4) is 0 Å². The van der Waals surface area contributed by atoms with Crippen molar-refractivity contribution in [2.75, 3.05) is 39.3 Å². The summed E-state index contributed by atoms with van der Waals surface area (Å²) in [6.45, 7) is 5.65. The molecular weight excluding hydrogens is 502 g/mol. The van der Waals surface area contributed by atoms with E-state index in [1.165, 1.54) is 16.0 Å². The van der Waals surface area contributed by atoms with Gasteiger partial charge < -0.3 is 15.5 Å². The molecule has 0 aliphatic heterocycles. The summed E-state index contributed by atoms with van der Waals surface area (Å²) in [5, 5.41) is 25.1. The third kappa shape index (κ3) is 18.9. The van der Waals surface area contributed by atoms with Gasteiger partial charge in [-0.05, 0) is 52.1 Å². The number of rotatable bonds is 12. The molecule has 0 aromatic heterocycles. The monoisotopic (exact) mass is 535 g/mol. The number of hydrogen-bond donors (Lipinski definition) is 8. The van der Waals surface area contributed by atoms with Crippen LogP contribution < -0.4 is 32.4 Å². The van der Waals surface area contributed by atoms with Crippen molar-refractivity contribution < 1.29 is 29.4 Å². The molecule has 0 atom stereocenters. The van der Waals surface area contributed by atoms with Crippen molar-refractivity contribution in [1.29, 1.82) is 0 Å². The lowest BCUT2D eigenvalue weighted by Crippen LogP contribution is -2.54. The summed E-state index contributed by atoms with van der Waals surface area (Å²) in [5.41, 5.74) is 11.7. The van der Waals surface area contributed by atoms with Gasteiger partial charge in [-0.2, -0.15) is 5.10 Å². The first-order valence-electron chi connectivity index (χ1n) is 10.3. The number of carbonyl (C=O) groups is 4. The molecule has 0 rings (SSSR count). The molecule has 0 saturated carbocycles. The second-order valence-corrected chi connectivity index (χ2v) is 8.90. The maximum absolute atomic E-state index is 12.2. The molecule has 0 heterocycles. The number of hydrazone groups is 1. The summed E-state index contributed by atoms with van der Waals surface area (Å²) in [5.74, 6) is -3.53. The summed E-state index contributed by atoms with van der Waals surface area (Å²) in [4.78, 5) is 49.3. The lowest BCUT2D eigenvalue weighted by atomic mass is 10.1. The predicted octanol–water partition coefficient (Wildman–Crippen LogP) is -2.45. The molecule has 17 heteroatoms. The van der Waals surface area contributed by atoms with Gasteiger partial charge in [0.1, 0.15) is 0 Å². The molecule has 0 aromatic carbocycles. The van der Waals surface area contributed by atoms with Crippen LogP contribution in [0.5, 0.6) is 0 Å². The molecule has 0 aromatic rings. The standard InChI is InChI=1S/C18H33N9O6S2/c1-5-19-23-17(35)25-22-13(29)9-27(11-15(32)33)7-6-26(10-14(30)31)8-12(28)21-24-16(34)20-18(2,3)4/h5H,6-11H2,1-4H3,(H,21,28)(H,22,29)(H,30,31)(H,32,33)(H2,20,24,34)(H2,23,25,35)/b19-5+. The Balaban J connectivity index is 4.87. The molecule has 35 heavy (non-hydrogen) atoms. The molecule has 0 fully saturated rings. The van der Waals surface area contributed by atoms with Crippen molar-refractivity contribution in [3.63, 3.8) is 0 Å². The average Bonchev–Trinajstić information content (AvgIpc) is 2.71. The van der Waals surface area contributed by atoms with Gasteiger partial charge in [-0.15, -0.1) is 0 Å². The van der Waals surface area contributed by atoms with Gasteiger partial charge in [0.05, 0.1) is 26.2 Å². The zero-order chi connectivity index (χ0) is 27.0. The first kappa shape index (κ1) is 31.8. The largest absolute Gasteiger partial charge is 0.480 e. The van der Waals surface area contributed by atoms with Crippen LogP contribution in [0.2, 0.25) is 0 Å². The number of carbonyl (C=O) groups excluding carboxylic acids is 2. The minimum Gasteiger partial charge on any atom is -0.480 e. The average molecular weight is 536 g/mol. The van der Waals surface area contributed by atoms with Crippen LogP contribution in [-0.4, -0.2) is 105 Å². The molecule has 0 unspecified atom stereocenters. The Kier molecular flexibility index (Phi) is 15.0. The van der Waals surface area contributed by atoms with Gasteiger partial charge >= 0.3 is 11.9 Å². The first-order valence-corrected chi connectivity index (χ1v) is 11.1. The van der Waals surface area contributed by atoms with Crippen LogP contribution in [0, 0.1) is 0 Å². The van der Waals surface area contributed by atoms with Gasteiger partial charge in [0.25, 0.3) is 11.8 Å². The predicted molar refractivity (Wildman–Crippen MR) is 136 cm³/mol. The Morgan fingerprint density at radius 1 is 0.800 bits per heavy atom. The van der Waals surface area contributed by atoms with Gasteiger partial charge in [0.15, 0.2) is 5.11 Å². The van der Waals surface area contributed by atoms with Crippen molar-refractivity contribution in [2.45, 2.75) is 33.2 Å². The van der Waals surface area contributed by atoms with Crippen LogP contribution in [0.3, 0.4) is 0 Å². The minimum absolute atomic E-state index is 0.0103. The number of nitrogens with one attached hydrogen (secondary N) is 6. The van der Waals surface area contributed by atoms with E-state index in [2.05, 4.69) is 37.5 Å². The van der Waals surface area contributed by atoms with E-state index < -0.39 is 36.8 Å². The van der Waals surface area contributed by atoms with Crippen LogP contribution in [0.25, 0.3) is 0 Å². The van der Waals surface area contributed by atoms with Gasteiger partial charge in [-0.1, -0.05) is 0 Å². The molecule has 0 spiro atoms. The van der Waals surface area contributed by atoms with Crippen LogP contribution >= 0.6 is 24.4 Å². The smallest absolute Gasteiger partial charge is 0.317 e. The highest BCUT2D eigenvalue weighted by molar-refractivity contribution is 7.80. The van der Waals surface area contributed by atoms with Crippen molar-refractivity contribution in [3.05, 3.63) is 0 Å². The van der Waals surface area contributed by atoms with E-state index in [4.69, 9.17) is 34.6 Å². The van der Waals surface area contributed by atoms with Gasteiger partial charge in [-0.25, -0.2) is 0 Å². The molecule has 198 valence electrons. The van der Waals surface area contributed by atoms with E-state index in [1.54, 1.807) is 6.92 Å². The van der Waals surface area contributed by atoms with Gasteiger partial charge in [0.2, 0.25) is 5.11 Å². The van der Waals surface area contributed by atoms with Crippen molar-refractivity contribution >= 4 is 64.6 Å². The third-order valence-corrected chi connectivity index (χ3v) is 4.00. The third-order valence-electron chi connectivity index (χ3n) is 3.60. The molecule has 0 saturated heterocycles. The fourth-order valence-corrected chi connectivity index (χ4v) is 2.82. The van der Waals surface area contributed by atoms with E-state index in [0.29, 0.717) is 0 Å². The normalized spacial score (nSPS) is 11.1. The number of aliphatic carboxylic acids is 2. The first-order chi connectivity index (χ1) is 16.2. The van der Waals surface area contributed by atoms with E-state index in [1.807, 2.05) is 20.8 Å². The topological polar surface area (TPSA) is 200 Å². The summed E-state index contributed by atoms with van der Waals surface area (Å²) >= 11 is 9.93. The summed E-state index contributed by atoms with van der Waals surface area (Å²) in [7, 11) is 0. The Labute approximate surface area is 214 Å². The summed E-state index contributed by atoms with van der Waals surface area (Å²) in [6, 6.07) is 0. The maximum Gasteiger partial charge on any atom is 0.317 e. The number of nitrogens with zero attached hydrogens (tertiary/aromatic N) is 3. The van der Waals surface area contributed by atoms with Crippen LogP contribution in [0.15, 0.2) is 5.10 Å². The molecule has 15 nitrogen and oxygen atoms in total. The lowest BCUT2D eigenvalue weighted by Gasteiger charge is -2.26. The second kappa shape index (κ2) is 16.5. The van der Waals surface area contributed by atoms with E-state index >= 15 is 0 Å². The molecule has 0 aliphatic rings. The molecular formula is C18H33N9O6S2. The minimum atomic E-state index is -1.19. The summed E-state index contributed by atoms with van der Waals surface area (Å²) < 4.78 is 0. The Bertz CT molecular complexity index is 804. The Morgan fingerprint density at radius 2 is 1.23 bits per heavy atom.